The van der Waals surface area contributed by atoms with Gasteiger partial charge in [0.1, 0.15) is 0 Å². The second-order valence-electron chi connectivity index (χ2n) is 2.39. The monoisotopic (exact) mass is 406 g/mol. The number of halogens is 3. The average Bonchev–Trinajstić information content (AvgIpc) is 1.95. The summed E-state index contributed by atoms with van der Waals surface area (Å²) in [4.78, 5) is 0. The zero-order chi connectivity index (χ0) is 10.9. The third-order valence-electron chi connectivity index (χ3n) is 1.25. The largest absolute Gasteiger partial charge is 0.296 e. The minimum Gasteiger partial charge on any atom is -0.269 e. The fourth-order valence-corrected chi connectivity index (χ4v) is 4.01. The molecule has 0 unspecified atom stereocenters. The van der Waals surface area contributed by atoms with Gasteiger partial charge in [-0.25, -0.2) is 5.14 Å². The maximum absolute atomic E-state index is 10.8. The van der Waals surface area contributed by atoms with Crippen LogP contribution in [0, 0.1) is 0 Å². The lowest BCUT2D eigenvalue weighted by molar-refractivity contribution is 0.603. The predicted octanol–water partition coefficient (Wildman–Crippen LogP) is 2.59. The maximum Gasteiger partial charge on any atom is 0.296 e. The third kappa shape index (κ3) is 3.50. The minimum absolute atomic E-state index is 0.371. The standard InChI is InChI=1S/C6H5Br3N2O2S/c7-3-1-4(8)6(5(9)2-3)11-14(10,12)13/h1-2,11H,(H2,10,12,13). The molecule has 0 aliphatic heterocycles. The Morgan fingerprint density at radius 3 is 1.93 bits per heavy atom. The molecule has 0 fully saturated rings. The summed E-state index contributed by atoms with van der Waals surface area (Å²) in [7, 11) is -3.76. The molecular formula is C6H5Br3N2O2S. The van der Waals surface area contributed by atoms with E-state index < -0.39 is 10.2 Å². The van der Waals surface area contributed by atoms with E-state index >= 15 is 0 Å². The van der Waals surface area contributed by atoms with Crippen molar-refractivity contribution in [3.05, 3.63) is 25.6 Å². The van der Waals surface area contributed by atoms with Gasteiger partial charge in [-0.3, -0.25) is 4.72 Å². The Kier molecular flexibility index (Phi) is 3.98. The van der Waals surface area contributed by atoms with Crippen molar-refractivity contribution >= 4 is 63.7 Å². The number of nitrogens with two attached hydrogens (primary N) is 1. The van der Waals surface area contributed by atoms with Crippen LogP contribution >= 0.6 is 47.8 Å². The van der Waals surface area contributed by atoms with E-state index in [9.17, 15) is 8.42 Å². The molecule has 0 aromatic heterocycles. The van der Waals surface area contributed by atoms with E-state index in [1.807, 2.05) is 0 Å². The fourth-order valence-electron chi connectivity index (χ4n) is 0.782. The number of hydrogen-bond donors (Lipinski definition) is 2. The zero-order valence-electron chi connectivity index (χ0n) is 6.59. The summed E-state index contributed by atoms with van der Waals surface area (Å²) >= 11 is 9.67. The first-order chi connectivity index (χ1) is 6.29. The zero-order valence-corrected chi connectivity index (χ0v) is 12.2. The molecule has 0 atom stereocenters. The summed E-state index contributed by atoms with van der Waals surface area (Å²) in [6.07, 6.45) is 0. The predicted molar refractivity (Wildman–Crippen MR) is 66.3 cm³/mol. The highest BCUT2D eigenvalue weighted by Gasteiger charge is 2.10. The van der Waals surface area contributed by atoms with Crippen LogP contribution in [0.5, 0.6) is 0 Å². The SMILES string of the molecule is NS(=O)(=O)Nc1c(Br)cc(Br)cc1Br. The Bertz CT molecular complexity index is 437. The van der Waals surface area contributed by atoms with Gasteiger partial charge >= 0.3 is 0 Å². The topological polar surface area (TPSA) is 72.2 Å². The number of nitrogens with one attached hydrogen (secondary N) is 1. The summed E-state index contributed by atoms with van der Waals surface area (Å²) in [5, 5.41) is 4.85. The molecule has 0 bridgehead atoms. The van der Waals surface area contributed by atoms with Gasteiger partial charge in [0, 0.05) is 13.4 Å². The van der Waals surface area contributed by atoms with Crippen LogP contribution in [-0.4, -0.2) is 8.42 Å². The fraction of sp³-hybridized carbons (Fsp3) is 0. The molecule has 3 N–H and O–H groups in total. The minimum atomic E-state index is -3.76. The highest BCUT2D eigenvalue weighted by Crippen LogP contribution is 2.34. The van der Waals surface area contributed by atoms with Crippen molar-refractivity contribution in [2.75, 3.05) is 4.72 Å². The highest BCUT2D eigenvalue weighted by molar-refractivity contribution is 9.11. The quantitative estimate of drug-likeness (QED) is 0.789. The van der Waals surface area contributed by atoms with Gasteiger partial charge in [-0.15, -0.1) is 0 Å². The van der Waals surface area contributed by atoms with Gasteiger partial charge in [0.25, 0.3) is 10.2 Å². The van der Waals surface area contributed by atoms with Gasteiger partial charge in [-0.2, -0.15) is 8.42 Å². The lowest BCUT2D eigenvalue weighted by atomic mass is 10.3. The molecule has 0 aliphatic carbocycles. The van der Waals surface area contributed by atoms with E-state index in [-0.39, 0.29) is 0 Å². The van der Waals surface area contributed by atoms with Crippen molar-refractivity contribution in [3.63, 3.8) is 0 Å². The number of rotatable bonds is 2. The number of benzene rings is 1. The first kappa shape index (κ1) is 12.4. The molecule has 1 aromatic carbocycles. The Morgan fingerprint density at radius 2 is 1.57 bits per heavy atom. The lowest BCUT2D eigenvalue weighted by Gasteiger charge is -2.08. The van der Waals surface area contributed by atoms with Crippen LogP contribution in [0.15, 0.2) is 25.6 Å². The second-order valence-corrected chi connectivity index (χ2v) is 6.31. The molecule has 8 heteroatoms. The maximum atomic E-state index is 10.8. The van der Waals surface area contributed by atoms with Crippen molar-refractivity contribution in [2.45, 2.75) is 0 Å². The van der Waals surface area contributed by atoms with Gasteiger partial charge in [0.15, 0.2) is 0 Å². The number of anilines is 1. The smallest absolute Gasteiger partial charge is 0.269 e. The van der Waals surface area contributed by atoms with Crippen LogP contribution in [0.3, 0.4) is 0 Å². The van der Waals surface area contributed by atoms with Gasteiger partial charge < -0.3 is 0 Å². The van der Waals surface area contributed by atoms with Crippen LogP contribution in [0.4, 0.5) is 5.69 Å². The normalized spacial score (nSPS) is 11.4. The second kappa shape index (κ2) is 4.48. The lowest BCUT2D eigenvalue weighted by Crippen LogP contribution is -2.22. The van der Waals surface area contributed by atoms with E-state index in [1.54, 1.807) is 12.1 Å². The van der Waals surface area contributed by atoms with Crippen molar-refractivity contribution in [2.24, 2.45) is 5.14 Å². The summed E-state index contributed by atoms with van der Waals surface area (Å²) in [5.74, 6) is 0. The molecule has 14 heavy (non-hydrogen) atoms. The van der Waals surface area contributed by atoms with Gasteiger partial charge in [-0.05, 0) is 44.0 Å². The number of hydrogen-bond acceptors (Lipinski definition) is 2. The van der Waals surface area contributed by atoms with Gasteiger partial charge in [0.2, 0.25) is 0 Å². The van der Waals surface area contributed by atoms with Crippen LogP contribution in [-0.2, 0) is 10.2 Å². The summed E-state index contributed by atoms with van der Waals surface area (Å²) in [5.41, 5.74) is 0.371. The van der Waals surface area contributed by atoms with Crippen LogP contribution in [0.1, 0.15) is 0 Å². The molecule has 78 valence electrons. The van der Waals surface area contributed by atoms with Crippen molar-refractivity contribution in [3.8, 4) is 0 Å². The Morgan fingerprint density at radius 1 is 1.14 bits per heavy atom. The molecule has 1 rings (SSSR count). The van der Waals surface area contributed by atoms with E-state index in [0.29, 0.717) is 14.6 Å². The molecule has 0 aliphatic rings. The molecule has 0 radical (unpaired) electrons. The third-order valence-corrected chi connectivity index (χ3v) is 3.45. The molecular weight excluding hydrogens is 404 g/mol. The Labute approximate surface area is 107 Å². The Balaban J connectivity index is 3.22. The van der Waals surface area contributed by atoms with Crippen molar-refractivity contribution in [1.29, 1.82) is 0 Å². The molecule has 1 aromatic rings. The first-order valence-electron chi connectivity index (χ1n) is 3.24. The molecule has 0 saturated heterocycles. The van der Waals surface area contributed by atoms with E-state index in [4.69, 9.17) is 5.14 Å². The molecule has 0 amide bonds. The molecule has 0 spiro atoms. The molecule has 0 saturated carbocycles. The van der Waals surface area contributed by atoms with E-state index in [0.717, 1.165) is 4.47 Å². The van der Waals surface area contributed by atoms with Gasteiger partial charge in [0.05, 0.1) is 5.69 Å². The first-order valence-corrected chi connectivity index (χ1v) is 7.17. The summed E-state index contributed by atoms with van der Waals surface area (Å²) in [6, 6.07) is 3.41. The van der Waals surface area contributed by atoms with Crippen LogP contribution in [0.2, 0.25) is 0 Å². The van der Waals surface area contributed by atoms with Crippen LogP contribution in [0.25, 0.3) is 0 Å². The van der Waals surface area contributed by atoms with E-state index in [2.05, 4.69) is 52.5 Å². The summed E-state index contributed by atoms with van der Waals surface area (Å²) in [6.45, 7) is 0. The highest BCUT2D eigenvalue weighted by atomic mass is 79.9. The average molecular weight is 409 g/mol. The molecule has 4 nitrogen and oxygen atoms in total. The Hall–Kier alpha value is 0.370. The van der Waals surface area contributed by atoms with Crippen LogP contribution < -0.4 is 9.86 Å². The van der Waals surface area contributed by atoms with Gasteiger partial charge in [-0.1, -0.05) is 15.9 Å². The van der Waals surface area contributed by atoms with Crippen molar-refractivity contribution < 1.29 is 8.42 Å². The van der Waals surface area contributed by atoms with E-state index in [1.165, 1.54) is 0 Å². The molecule has 0 heterocycles. The summed E-state index contributed by atoms with van der Waals surface area (Å²) < 4.78 is 25.8. The van der Waals surface area contributed by atoms with Crippen molar-refractivity contribution in [1.82, 2.24) is 0 Å².